The Balaban J connectivity index is 1.78. The van der Waals surface area contributed by atoms with Crippen molar-refractivity contribution >= 4 is 11.6 Å². The minimum Gasteiger partial charge on any atom is -0.497 e. The summed E-state index contributed by atoms with van der Waals surface area (Å²) in [5.74, 6) is 2.14. The van der Waals surface area contributed by atoms with Gasteiger partial charge in [0, 0.05) is 5.56 Å². The zero-order valence-electron chi connectivity index (χ0n) is 12.5. The summed E-state index contributed by atoms with van der Waals surface area (Å²) in [5, 5.41) is 6.14. The van der Waals surface area contributed by atoms with Gasteiger partial charge in [-0.3, -0.25) is 0 Å². The van der Waals surface area contributed by atoms with Gasteiger partial charge in [0.1, 0.15) is 11.5 Å². The van der Waals surface area contributed by atoms with E-state index < -0.39 is 0 Å². The first-order valence-electron chi connectivity index (χ1n) is 7.05. The number of methoxy groups -OCH3 is 1. The van der Waals surface area contributed by atoms with E-state index >= 15 is 0 Å². The van der Waals surface area contributed by atoms with E-state index in [4.69, 9.17) is 14.2 Å². The summed E-state index contributed by atoms with van der Waals surface area (Å²) in [4.78, 5) is 0. The number of nitrogens with zero attached hydrogens (tertiary/aromatic N) is 2. The van der Waals surface area contributed by atoms with E-state index in [1.807, 2.05) is 55.5 Å². The van der Waals surface area contributed by atoms with Crippen molar-refractivity contribution in [2.75, 3.05) is 18.7 Å². The molecule has 0 amide bonds. The molecule has 1 heterocycles. The molecule has 0 saturated carbocycles. The van der Waals surface area contributed by atoms with Gasteiger partial charge >= 0.3 is 0 Å². The molecular formula is C17H17N2O3. The summed E-state index contributed by atoms with van der Waals surface area (Å²) >= 11 is 0. The van der Waals surface area contributed by atoms with Crippen molar-refractivity contribution in [2.24, 2.45) is 5.10 Å². The quantitative estimate of drug-likeness (QED) is 0.848. The van der Waals surface area contributed by atoms with E-state index in [0.29, 0.717) is 12.5 Å². The number of ether oxygens (including phenoxy) is 3. The smallest absolute Gasteiger partial charge is 0.251 e. The zero-order valence-corrected chi connectivity index (χ0v) is 12.5. The molecule has 0 unspecified atom stereocenters. The molecule has 2 aromatic carbocycles. The normalized spacial score (nSPS) is 13.5. The Morgan fingerprint density at radius 3 is 2.64 bits per heavy atom. The van der Waals surface area contributed by atoms with Gasteiger partial charge in [-0.1, -0.05) is 6.07 Å². The molecule has 0 spiro atoms. The second kappa shape index (κ2) is 6.39. The third kappa shape index (κ3) is 2.98. The van der Waals surface area contributed by atoms with E-state index in [0.717, 1.165) is 22.7 Å². The lowest BCUT2D eigenvalue weighted by molar-refractivity contribution is 0.340. The lowest BCUT2D eigenvalue weighted by atomic mass is 10.2. The van der Waals surface area contributed by atoms with Crippen molar-refractivity contribution in [1.29, 1.82) is 0 Å². The van der Waals surface area contributed by atoms with E-state index in [2.05, 4.69) is 5.10 Å². The summed E-state index contributed by atoms with van der Waals surface area (Å²) in [5.41, 5.74) is 1.77. The van der Waals surface area contributed by atoms with Crippen LogP contribution in [0.4, 0.5) is 5.69 Å². The third-order valence-corrected chi connectivity index (χ3v) is 3.19. The molecule has 0 atom stereocenters. The molecule has 1 radical (unpaired) electrons. The van der Waals surface area contributed by atoms with Gasteiger partial charge in [0.2, 0.25) is 5.90 Å². The SMILES string of the molecule is CCOc1ccc(N2[CH]OC(c3cccc(OC)c3)=N2)cc1. The topological polar surface area (TPSA) is 43.3 Å². The van der Waals surface area contributed by atoms with Crippen LogP contribution in [0.1, 0.15) is 12.5 Å². The Bertz CT molecular complexity index is 668. The highest BCUT2D eigenvalue weighted by molar-refractivity contribution is 5.96. The van der Waals surface area contributed by atoms with Crippen molar-refractivity contribution in [3.8, 4) is 11.5 Å². The number of rotatable bonds is 5. The Hall–Kier alpha value is -2.69. The van der Waals surface area contributed by atoms with E-state index in [1.54, 1.807) is 18.8 Å². The Morgan fingerprint density at radius 1 is 1.09 bits per heavy atom. The predicted molar refractivity (Wildman–Crippen MR) is 85.0 cm³/mol. The minimum absolute atomic E-state index is 0.535. The highest BCUT2D eigenvalue weighted by Gasteiger charge is 2.20. The molecule has 0 aliphatic carbocycles. The average Bonchev–Trinajstić information content (AvgIpc) is 3.06. The van der Waals surface area contributed by atoms with Crippen molar-refractivity contribution in [1.82, 2.24) is 0 Å². The highest BCUT2D eigenvalue weighted by Crippen LogP contribution is 2.25. The summed E-state index contributed by atoms with van der Waals surface area (Å²) in [6.07, 6.45) is 0. The van der Waals surface area contributed by atoms with Crippen LogP contribution < -0.4 is 14.5 Å². The largest absolute Gasteiger partial charge is 0.497 e. The van der Waals surface area contributed by atoms with Gasteiger partial charge in [-0.2, -0.15) is 0 Å². The maximum absolute atomic E-state index is 5.55. The summed E-state index contributed by atoms with van der Waals surface area (Å²) in [6, 6.07) is 15.3. The van der Waals surface area contributed by atoms with E-state index in [1.165, 1.54) is 0 Å². The van der Waals surface area contributed by atoms with Crippen LogP contribution in [0.25, 0.3) is 0 Å². The molecule has 22 heavy (non-hydrogen) atoms. The zero-order chi connectivity index (χ0) is 15.4. The van der Waals surface area contributed by atoms with Gasteiger partial charge in [-0.05, 0) is 49.4 Å². The molecule has 0 fully saturated rings. The average molecular weight is 297 g/mol. The van der Waals surface area contributed by atoms with Crippen LogP contribution >= 0.6 is 0 Å². The van der Waals surface area contributed by atoms with Crippen molar-refractivity contribution in [3.63, 3.8) is 0 Å². The Morgan fingerprint density at radius 2 is 1.91 bits per heavy atom. The number of hydrazone groups is 1. The highest BCUT2D eigenvalue weighted by atomic mass is 16.5. The van der Waals surface area contributed by atoms with Crippen molar-refractivity contribution in [3.05, 3.63) is 60.8 Å². The first kappa shape index (κ1) is 14.3. The fraction of sp³-hybridized carbons (Fsp3) is 0.176. The van der Waals surface area contributed by atoms with E-state index in [-0.39, 0.29) is 0 Å². The minimum atomic E-state index is 0.535. The van der Waals surface area contributed by atoms with Gasteiger partial charge in [0.25, 0.3) is 6.73 Å². The lowest BCUT2D eigenvalue weighted by Crippen LogP contribution is -2.07. The summed E-state index contributed by atoms with van der Waals surface area (Å²) in [7, 11) is 1.63. The number of hydrogen-bond acceptors (Lipinski definition) is 5. The maximum Gasteiger partial charge on any atom is 0.251 e. The maximum atomic E-state index is 5.55. The van der Waals surface area contributed by atoms with Crippen LogP contribution in [-0.2, 0) is 4.74 Å². The molecule has 1 aliphatic heterocycles. The van der Waals surface area contributed by atoms with Crippen LogP contribution in [0.3, 0.4) is 0 Å². The van der Waals surface area contributed by atoms with Crippen molar-refractivity contribution < 1.29 is 14.2 Å². The van der Waals surface area contributed by atoms with Crippen LogP contribution in [0.2, 0.25) is 0 Å². The van der Waals surface area contributed by atoms with Gasteiger partial charge in [0.05, 0.1) is 19.4 Å². The molecule has 5 nitrogen and oxygen atoms in total. The Kier molecular flexibility index (Phi) is 4.14. The summed E-state index contributed by atoms with van der Waals surface area (Å²) in [6.45, 7) is 4.18. The molecule has 2 aromatic rings. The third-order valence-electron chi connectivity index (χ3n) is 3.19. The van der Waals surface area contributed by atoms with Crippen LogP contribution in [-0.4, -0.2) is 19.6 Å². The fourth-order valence-electron chi connectivity index (χ4n) is 2.11. The summed E-state index contributed by atoms with van der Waals surface area (Å²) < 4.78 is 16.2. The molecule has 0 bridgehead atoms. The van der Waals surface area contributed by atoms with Gasteiger partial charge in [-0.15, -0.1) is 5.10 Å². The molecule has 0 aromatic heterocycles. The van der Waals surface area contributed by atoms with Gasteiger partial charge < -0.3 is 14.2 Å². The molecule has 113 valence electrons. The molecule has 1 aliphatic rings. The molecular weight excluding hydrogens is 280 g/mol. The second-order valence-corrected chi connectivity index (χ2v) is 4.63. The van der Waals surface area contributed by atoms with Crippen molar-refractivity contribution in [2.45, 2.75) is 6.92 Å². The molecule has 0 saturated heterocycles. The number of anilines is 1. The molecule has 3 rings (SSSR count). The Labute approximate surface area is 129 Å². The fourth-order valence-corrected chi connectivity index (χ4v) is 2.11. The first-order chi connectivity index (χ1) is 10.8. The van der Waals surface area contributed by atoms with Crippen LogP contribution in [0.5, 0.6) is 11.5 Å². The predicted octanol–water partition coefficient (Wildman–Crippen LogP) is 3.41. The molecule has 0 N–H and O–H groups in total. The first-order valence-corrected chi connectivity index (χ1v) is 7.05. The number of benzene rings is 2. The molecule has 5 heteroatoms. The van der Waals surface area contributed by atoms with Crippen LogP contribution in [0.15, 0.2) is 53.6 Å². The standard InChI is InChI=1S/C17H17N2O3/c1-3-21-15-9-7-14(8-10-15)19-12-22-17(18-19)13-5-4-6-16(11-13)20-2/h4-12H,3H2,1-2H3. The second-order valence-electron chi connectivity index (χ2n) is 4.63. The van der Waals surface area contributed by atoms with Gasteiger partial charge in [-0.25, -0.2) is 5.01 Å². The van der Waals surface area contributed by atoms with Gasteiger partial charge in [0.15, 0.2) is 0 Å². The number of hydrogen-bond donors (Lipinski definition) is 0. The monoisotopic (exact) mass is 297 g/mol. The van der Waals surface area contributed by atoms with E-state index in [9.17, 15) is 0 Å². The van der Waals surface area contributed by atoms with Crippen LogP contribution in [0, 0.1) is 6.73 Å². The lowest BCUT2D eigenvalue weighted by Gasteiger charge is -2.10.